The van der Waals surface area contributed by atoms with Gasteiger partial charge in [0.05, 0.1) is 6.26 Å². The fourth-order valence-corrected chi connectivity index (χ4v) is 1.65. The van der Waals surface area contributed by atoms with Gasteiger partial charge in [-0.25, -0.2) is 0 Å². The van der Waals surface area contributed by atoms with Crippen molar-refractivity contribution in [1.29, 1.82) is 0 Å². The highest BCUT2D eigenvalue weighted by Crippen LogP contribution is 2.22. The molecule has 1 nitrogen and oxygen atoms in total. The SMILES string of the molecule is c1ccc2cc3occc3cc2c1. The Morgan fingerprint density at radius 1 is 0.769 bits per heavy atom. The highest BCUT2D eigenvalue weighted by Gasteiger charge is 1.98. The van der Waals surface area contributed by atoms with Gasteiger partial charge in [0.2, 0.25) is 0 Å². The van der Waals surface area contributed by atoms with Gasteiger partial charge in [-0.1, -0.05) is 24.3 Å². The Kier molecular flexibility index (Phi) is 1.22. The van der Waals surface area contributed by atoms with Crippen LogP contribution in [0.2, 0.25) is 0 Å². The Bertz CT molecular complexity index is 514. The van der Waals surface area contributed by atoms with Gasteiger partial charge in [0.1, 0.15) is 5.58 Å². The minimum Gasteiger partial charge on any atom is -0.464 e. The summed E-state index contributed by atoms with van der Waals surface area (Å²) in [4.78, 5) is 0. The Morgan fingerprint density at radius 2 is 1.54 bits per heavy atom. The Hall–Kier alpha value is -1.76. The fraction of sp³-hybridized carbons (Fsp3) is 0. The van der Waals surface area contributed by atoms with E-state index in [2.05, 4.69) is 24.3 Å². The normalized spacial score (nSPS) is 11.1. The number of hydrogen-bond acceptors (Lipinski definition) is 1. The van der Waals surface area contributed by atoms with E-state index in [-0.39, 0.29) is 0 Å². The summed E-state index contributed by atoms with van der Waals surface area (Å²) < 4.78 is 5.33. The summed E-state index contributed by atoms with van der Waals surface area (Å²) in [5.74, 6) is 0. The molecule has 13 heavy (non-hydrogen) atoms. The molecule has 1 aromatic heterocycles. The quantitative estimate of drug-likeness (QED) is 0.500. The molecule has 1 heteroatoms. The largest absolute Gasteiger partial charge is 0.464 e. The molecular weight excluding hydrogens is 160 g/mol. The highest BCUT2D eigenvalue weighted by atomic mass is 16.3. The molecule has 0 aliphatic rings. The van der Waals surface area contributed by atoms with Gasteiger partial charge < -0.3 is 4.42 Å². The van der Waals surface area contributed by atoms with Gasteiger partial charge in [-0.15, -0.1) is 0 Å². The van der Waals surface area contributed by atoms with Crippen LogP contribution in [0, 0.1) is 0 Å². The van der Waals surface area contributed by atoms with Crippen molar-refractivity contribution in [2.45, 2.75) is 0 Å². The summed E-state index contributed by atoms with van der Waals surface area (Å²) in [5.41, 5.74) is 0.957. The molecule has 0 aliphatic heterocycles. The molecule has 2 aromatic carbocycles. The van der Waals surface area contributed by atoms with Crippen LogP contribution in [-0.2, 0) is 0 Å². The maximum Gasteiger partial charge on any atom is 0.134 e. The van der Waals surface area contributed by atoms with Crippen molar-refractivity contribution >= 4 is 21.7 Å². The molecular formula is C12H8O. The summed E-state index contributed by atoms with van der Waals surface area (Å²) in [5, 5.41) is 3.65. The molecule has 1 heterocycles. The van der Waals surface area contributed by atoms with E-state index in [4.69, 9.17) is 4.42 Å². The maximum absolute atomic E-state index is 5.33. The molecule has 3 aromatic rings. The molecule has 0 aliphatic carbocycles. The summed E-state index contributed by atoms with van der Waals surface area (Å²) >= 11 is 0. The predicted octanol–water partition coefficient (Wildman–Crippen LogP) is 3.59. The molecule has 0 N–H and O–H groups in total. The van der Waals surface area contributed by atoms with E-state index in [9.17, 15) is 0 Å². The monoisotopic (exact) mass is 168 g/mol. The van der Waals surface area contributed by atoms with Crippen molar-refractivity contribution in [3.63, 3.8) is 0 Å². The number of furan rings is 1. The lowest BCUT2D eigenvalue weighted by Gasteiger charge is -1.95. The lowest BCUT2D eigenvalue weighted by Crippen LogP contribution is -1.70. The Morgan fingerprint density at radius 3 is 2.38 bits per heavy atom. The van der Waals surface area contributed by atoms with Gasteiger partial charge in [0, 0.05) is 5.39 Å². The van der Waals surface area contributed by atoms with E-state index in [0.717, 1.165) is 5.58 Å². The first kappa shape index (κ1) is 6.72. The van der Waals surface area contributed by atoms with Crippen molar-refractivity contribution in [2.75, 3.05) is 0 Å². The third-order valence-electron chi connectivity index (χ3n) is 2.32. The predicted molar refractivity (Wildman–Crippen MR) is 53.7 cm³/mol. The maximum atomic E-state index is 5.33. The molecule has 0 saturated heterocycles. The van der Waals surface area contributed by atoms with Crippen LogP contribution in [0.3, 0.4) is 0 Å². The summed E-state index contributed by atoms with van der Waals surface area (Å²) in [6.45, 7) is 0. The van der Waals surface area contributed by atoms with E-state index in [0.29, 0.717) is 0 Å². The van der Waals surface area contributed by atoms with E-state index in [1.165, 1.54) is 16.2 Å². The van der Waals surface area contributed by atoms with Crippen LogP contribution in [-0.4, -0.2) is 0 Å². The first-order chi connectivity index (χ1) is 6.43. The van der Waals surface area contributed by atoms with Crippen molar-refractivity contribution in [3.05, 3.63) is 48.7 Å². The van der Waals surface area contributed by atoms with Gasteiger partial charge in [-0.2, -0.15) is 0 Å². The van der Waals surface area contributed by atoms with Crippen molar-refractivity contribution < 1.29 is 4.42 Å². The molecule has 0 bridgehead atoms. The molecule has 0 amide bonds. The summed E-state index contributed by atoms with van der Waals surface area (Å²) in [6.07, 6.45) is 1.73. The highest BCUT2D eigenvalue weighted by molar-refractivity contribution is 5.95. The zero-order valence-electron chi connectivity index (χ0n) is 7.03. The fourth-order valence-electron chi connectivity index (χ4n) is 1.65. The van der Waals surface area contributed by atoms with Crippen LogP contribution in [0.15, 0.2) is 53.1 Å². The minimum atomic E-state index is 0.957. The van der Waals surface area contributed by atoms with Gasteiger partial charge in [-0.05, 0) is 29.0 Å². The van der Waals surface area contributed by atoms with Crippen molar-refractivity contribution in [3.8, 4) is 0 Å². The number of hydrogen-bond donors (Lipinski definition) is 0. The third kappa shape index (κ3) is 0.937. The van der Waals surface area contributed by atoms with Gasteiger partial charge in [0.15, 0.2) is 0 Å². The minimum absolute atomic E-state index is 0.957. The van der Waals surface area contributed by atoms with Crippen LogP contribution < -0.4 is 0 Å². The van der Waals surface area contributed by atoms with E-state index >= 15 is 0 Å². The van der Waals surface area contributed by atoms with Crippen LogP contribution in [0.1, 0.15) is 0 Å². The zero-order chi connectivity index (χ0) is 8.67. The van der Waals surface area contributed by atoms with Gasteiger partial charge in [0.25, 0.3) is 0 Å². The van der Waals surface area contributed by atoms with Crippen LogP contribution in [0.4, 0.5) is 0 Å². The second-order valence-electron chi connectivity index (χ2n) is 3.16. The lowest BCUT2D eigenvalue weighted by atomic mass is 10.1. The molecule has 62 valence electrons. The van der Waals surface area contributed by atoms with Gasteiger partial charge in [-0.3, -0.25) is 0 Å². The van der Waals surface area contributed by atoms with E-state index in [1.807, 2.05) is 18.2 Å². The Labute approximate surface area is 75.6 Å². The topological polar surface area (TPSA) is 13.1 Å². The summed E-state index contributed by atoms with van der Waals surface area (Å²) in [6, 6.07) is 14.5. The third-order valence-corrected chi connectivity index (χ3v) is 2.32. The molecule has 0 fully saturated rings. The average molecular weight is 168 g/mol. The standard InChI is InChI=1S/C12H8O/c1-2-4-10-8-12-11(5-6-13-12)7-9(10)3-1/h1-8H. The smallest absolute Gasteiger partial charge is 0.134 e. The second-order valence-corrected chi connectivity index (χ2v) is 3.16. The first-order valence-electron chi connectivity index (χ1n) is 4.29. The van der Waals surface area contributed by atoms with Crippen LogP contribution in [0.25, 0.3) is 21.7 Å². The Balaban J connectivity index is 2.57. The van der Waals surface area contributed by atoms with E-state index in [1.54, 1.807) is 6.26 Å². The van der Waals surface area contributed by atoms with E-state index < -0.39 is 0 Å². The zero-order valence-corrected chi connectivity index (χ0v) is 7.03. The van der Waals surface area contributed by atoms with Crippen LogP contribution >= 0.6 is 0 Å². The molecule has 3 rings (SSSR count). The molecule has 0 unspecified atom stereocenters. The summed E-state index contributed by atoms with van der Waals surface area (Å²) in [7, 11) is 0. The number of rotatable bonds is 0. The first-order valence-corrected chi connectivity index (χ1v) is 4.29. The number of benzene rings is 2. The molecule has 0 atom stereocenters. The van der Waals surface area contributed by atoms with Crippen molar-refractivity contribution in [2.24, 2.45) is 0 Å². The second kappa shape index (κ2) is 2.36. The average Bonchev–Trinajstić information content (AvgIpc) is 2.61. The van der Waals surface area contributed by atoms with Crippen LogP contribution in [0.5, 0.6) is 0 Å². The van der Waals surface area contributed by atoms with Gasteiger partial charge >= 0.3 is 0 Å². The molecule has 0 spiro atoms. The number of fused-ring (bicyclic) bond motifs is 2. The lowest BCUT2D eigenvalue weighted by molar-refractivity contribution is 0.616. The molecule has 0 saturated carbocycles. The van der Waals surface area contributed by atoms with Crippen molar-refractivity contribution in [1.82, 2.24) is 0 Å². The molecule has 0 radical (unpaired) electrons.